The highest BCUT2D eigenvalue weighted by atomic mass is 19.1. The molecule has 9 nitrogen and oxygen atoms in total. The monoisotopic (exact) mass is 414 g/mol. The SMILES string of the molecule is COc1ccc(F)c(OC)c1[C@@H](C)Nc1ccn2ncc(C3=NC(C)(C)ON3)c2n1. The molecule has 1 aromatic carbocycles. The lowest BCUT2D eigenvalue weighted by Gasteiger charge is -2.21. The summed E-state index contributed by atoms with van der Waals surface area (Å²) in [6.07, 6.45) is 3.45. The van der Waals surface area contributed by atoms with Crippen LogP contribution < -0.4 is 20.3 Å². The molecule has 0 aliphatic carbocycles. The van der Waals surface area contributed by atoms with E-state index in [-0.39, 0.29) is 11.8 Å². The minimum Gasteiger partial charge on any atom is -0.496 e. The van der Waals surface area contributed by atoms with E-state index in [4.69, 9.17) is 14.3 Å². The lowest BCUT2D eigenvalue weighted by molar-refractivity contribution is -0.0269. The van der Waals surface area contributed by atoms with Gasteiger partial charge in [-0.25, -0.2) is 29.2 Å². The minimum atomic E-state index is -0.668. The summed E-state index contributed by atoms with van der Waals surface area (Å²) in [5.41, 5.74) is 4.02. The molecule has 1 aliphatic heterocycles. The van der Waals surface area contributed by atoms with Crippen molar-refractivity contribution in [2.75, 3.05) is 19.5 Å². The van der Waals surface area contributed by atoms with E-state index < -0.39 is 11.5 Å². The third-order valence-electron chi connectivity index (χ3n) is 4.73. The van der Waals surface area contributed by atoms with Crippen molar-refractivity contribution in [1.29, 1.82) is 0 Å². The Morgan fingerprint density at radius 1 is 1.23 bits per heavy atom. The first-order valence-electron chi connectivity index (χ1n) is 9.38. The fraction of sp³-hybridized carbons (Fsp3) is 0.350. The first-order chi connectivity index (χ1) is 14.3. The molecular weight excluding hydrogens is 391 g/mol. The number of hydroxylamine groups is 1. The molecule has 1 aliphatic rings. The highest BCUT2D eigenvalue weighted by molar-refractivity contribution is 6.03. The Hall–Kier alpha value is -3.40. The lowest BCUT2D eigenvalue weighted by Crippen LogP contribution is -2.23. The number of hydrogen-bond acceptors (Lipinski definition) is 8. The van der Waals surface area contributed by atoms with Crippen LogP contribution in [-0.2, 0) is 4.84 Å². The minimum absolute atomic E-state index is 0.129. The van der Waals surface area contributed by atoms with Crippen molar-refractivity contribution in [1.82, 2.24) is 20.1 Å². The number of nitrogens with one attached hydrogen (secondary N) is 2. The quantitative estimate of drug-likeness (QED) is 0.640. The third-order valence-corrected chi connectivity index (χ3v) is 4.73. The van der Waals surface area contributed by atoms with Crippen LogP contribution in [0.5, 0.6) is 11.5 Å². The van der Waals surface area contributed by atoms with Gasteiger partial charge in [0.15, 0.2) is 28.8 Å². The van der Waals surface area contributed by atoms with Crippen molar-refractivity contribution < 1.29 is 18.7 Å². The Labute approximate surface area is 172 Å². The second-order valence-corrected chi connectivity index (χ2v) is 7.31. The van der Waals surface area contributed by atoms with Crippen molar-refractivity contribution in [2.45, 2.75) is 32.5 Å². The first-order valence-corrected chi connectivity index (χ1v) is 9.38. The maximum Gasteiger partial charge on any atom is 0.182 e. The molecule has 1 atom stereocenters. The number of benzene rings is 1. The third kappa shape index (κ3) is 3.50. The summed E-state index contributed by atoms with van der Waals surface area (Å²) in [5, 5.41) is 7.60. The summed E-state index contributed by atoms with van der Waals surface area (Å²) >= 11 is 0. The van der Waals surface area contributed by atoms with Crippen LogP contribution in [0.3, 0.4) is 0 Å². The van der Waals surface area contributed by atoms with Gasteiger partial charge in [-0.2, -0.15) is 5.10 Å². The van der Waals surface area contributed by atoms with E-state index in [1.807, 2.05) is 20.8 Å². The van der Waals surface area contributed by atoms with Crippen LogP contribution in [0.25, 0.3) is 5.65 Å². The molecule has 3 heterocycles. The largest absolute Gasteiger partial charge is 0.496 e. The molecule has 0 radical (unpaired) electrons. The Kier molecular flexibility index (Phi) is 4.94. The van der Waals surface area contributed by atoms with Crippen molar-refractivity contribution in [3.05, 3.63) is 47.5 Å². The molecule has 2 aromatic heterocycles. The van der Waals surface area contributed by atoms with Crippen LogP contribution in [-0.4, -0.2) is 40.4 Å². The standard InChI is InChI=1S/C20H23FN6O3/c1-11(16-14(28-4)7-6-13(21)17(16)29-5)23-15-8-9-27-19(24-15)12(10-22-27)18-25-20(2,3)30-26-18/h6-11H,1-5H3,(H,23,24)(H,25,26)/t11-/m1/s1. The van der Waals surface area contributed by atoms with Gasteiger partial charge in [-0.1, -0.05) is 0 Å². The molecule has 0 fully saturated rings. The summed E-state index contributed by atoms with van der Waals surface area (Å²) in [5.74, 6) is 1.31. The molecule has 0 saturated heterocycles. The van der Waals surface area contributed by atoms with Gasteiger partial charge in [-0.15, -0.1) is 0 Å². The van der Waals surface area contributed by atoms with E-state index in [0.29, 0.717) is 34.2 Å². The predicted molar refractivity (Wildman–Crippen MR) is 109 cm³/mol. The summed E-state index contributed by atoms with van der Waals surface area (Å²) in [7, 11) is 2.96. The van der Waals surface area contributed by atoms with Crippen LogP contribution in [0.1, 0.15) is 37.9 Å². The van der Waals surface area contributed by atoms with Gasteiger partial charge >= 0.3 is 0 Å². The molecule has 0 amide bonds. The summed E-state index contributed by atoms with van der Waals surface area (Å²) in [6, 6.07) is 4.32. The van der Waals surface area contributed by atoms with Gasteiger partial charge in [0.05, 0.1) is 37.6 Å². The Morgan fingerprint density at radius 2 is 2.03 bits per heavy atom. The van der Waals surface area contributed by atoms with Gasteiger partial charge in [0.2, 0.25) is 0 Å². The number of aromatic nitrogens is 3. The van der Waals surface area contributed by atoms with Crippen molar-refractivity contribution in [3.8, 4) is 11.5 Å². The van der Waals surface area contributed by atoms with E-state index in [1.165, 1.54) is 20.3 Å². The number of halogens is 1. The Morgan fingerprint density at radius 3 is 2.70 bits per heavy atom. The number of fused-ring (bicyclic) bond motifs is 1. The van der Waals surface area contributed by atoms with Crippen LogP contribution in [0, 0.1) is 5.82 Å². The maximum absolute atomic E-state index is 14.3. The number of hydrogen-bond donors (Lipinski definition) is 2. The van der Waals surface area contributed by atoms with E-state index in [2.05, 4.69) is 25.9 Å². The van der Waals surface area contributed by atoms with Crippen molar-refractivity contribution >= 4 is 17.3 Å². The van der Waals surface area contributed by atoms with Crippen LogP contribution in [0.2, 0.25) is 0 Å². The second kappa shape index (κ2) is 7.45. The van der Waals surface area contributed by atoms with E-state index in [0.717, 1.165) is 0 Å². The Bertz CT molecular complexity index is 1130. The van der Waals surface area contributed by atoms with Crippen molar-refractivity contribution in [2.24, 2.45) is 4.99 Å². The summed E-state index contributed by atoms with van der Waals surface area (Å²) in [4.78, 5) is 14.6. The van der Waals surface area contributed by atoms with E-state index in [1.54, 1.807) is 29.0 Å². The highest BCUT2D eigenvalue weighted by Gasteiger charge is 2.28. The lowest BCUT2D eigenvalue weighted by atomic mass is 10.1. The van der Waals surface area contributed by atoms with Gasteiger partial charge in [-0.3, -0.25) is 0 Å². The van der Waals surface area contributed by atoms with Crippen LogP contribution >= 0.6 is 0 Å². The second-order valence-electron chi connectivity index (χ2n) is 7.31. The number of aliphatic imine (C=N–C) groups is 1. The molecule has 158 valence electrons. The average Bonchev–Trinajstić information content (AvgIpc) is 3.29. The molecule has 0 unspecified atom stereocenters. The number of ether oxygens (including phenoxy) is 2. The molecule has 0 spiro atoms. The molecule has 2 N–H and O–H groups in total. The number of anilines is 1. The topological polar surface area (TPSA) is 94.3 Å². The van der Waals surface area contributed by atoms with Crippen molar-refractivity contribution in [3.63, 3.8) is 0 Å². The van der Waals surface area contributed by atoms with Crippen LogP contribution in [0.15, 0.2) is 35.6 Å². The molecule has 0 saturated carbocycles. The fourth-order valence-electron chi connectivity index (χ4n) is 3.36. The first kappa shape index (κ1) is 19.9. The molecular formula is C20H23FN6O3. The molecule has 10 heteroatoms. The van der Waals surface area contributed by atoms with Gasteiger partial charge < -0.3 is 14.8 Å². The smallest absolute Gasteiger partial charge is 0.182 e. The van der Waals surface area contributed by atoms with E-state index in [9.17, 15) is 4.39 Å². The molecule has 3 aromatic rings. The van der Waals surface area contributed by atoms with E-state index >= 15 is 0 Å². The zero-order valence-electron chi connectivity index (χ0n) is 17.4. The number of nitrogens with zero attached hydrogens (tertiary/aromatic N) is 4. The van der Waals surface area contributed by atoms with Crippen LogP contribution in [0.4, 0.5) is 10.2 Å². The number of rotatable bonds is 6. The predicted octanol–water partition coefficient (Wildman–Crippen LogP) is 3.08. The zero-order valence-corrected chi connectivity index (χ0v) is 17.4. The summed E-state index contributed by atoms with van der Waals surface area (Å²) in [6.45, 7) is 5.57. The normalized spacial score (nSPS) is 16.1. The average molecular weight is 414 g/mol. The summed E-state index contributed by atoms with van der Waals surface area (Å²) < 4.78 is 26.6. The molecule has 30 heavy (non-hydrogen) atoms. The van der Waals surface area contributed by atoms with Gasteiger partial charge in [0, 0.05) is 6.20 Å². The number of methoxy groups -OCH3 is 2. The Balaban J connectivity index is 1.69. The maximum atomic E-state index is 14.3. The van der Waals surface area contributed by atoms with Gasteiger partial charge in [0.25, 0.3) is 0 Å². The molecule has 0 bridgehead atoms. The fourth-order valence-corrected chi connectivity index (χ4v) is 3.36. The van der Waals surface area contributed by atoms with Gasteiger partial charge in [-0.05, 0) is 39.0 Å². The highest BCUT2D eigenvalue weighted by Crippen LogP contribution is 2.37. The number of amidine groups is 1. The zero-order chi connectivity index (χ0) is 21.5. The van der Waals surface area contributed by atoms with Gasteiger partial charge in [0.1, 0.15) is 11.6 Å². The molecule has 4 rings (SSSR count).